The average Bonchev–Trinajstić information content (AvgIpc) is 2.26. The molecule has 0 atom stereocenters. The van der Waals surface area contributed by atoms with Gasteiger partial charge in [-0.1, -0.05) is 5.16 Å². The van der Waals surface area contributed by atoms with Crippen molar-refractivity contribution in [1.82, 2.24) is 4.98 Å². The second kappa shape index (κ2) is 5.56. The summed E-state index contributed by atoms with van der Waals surface area (Å²) in [5.41, 5.74) is 6.18. The van der Waals surface area contributed by atoms with Crippen LogP contribution in [-0.4, -0.2) is 28.8 Å². The lowest BCUT2D eigenvalue weighted by Gasteiger charge is -2.12. The number of ether oxygens (including phenoxy) is 1. The van der Waals surface area contributed by atoms with Gasteiger partial charge in [-0.15, -0.1) is 0 Å². The van der Waals surface area contributed by atoms with Gasteiger partial charge in [0, 0.05) is 6.20 Å². The van der Waals surface area contributed by atoms with E-state index in [0.717, 1.165) is 0 Å². The number of halogens is 3. The normalized spacial score (nSPS) is 12.6. The molecule has 18 heavy (non-hydrogen) atoms. The molecule has 0 unspecified atom stereocenters. The van der Waals surface area contributed by atoms with Crippen LogP contribution < -0.4 is 10.5 Å². The maximum atomic E-state index is 12.0. The van der Waals surface area contributed by atoms with Crippen molar-refractivity contribution < 1.29 is 23.1 Å². The predicted octanol–water partition coefficient (Wildman–Crippen LogP) is 1.82. The van der Waals surface area contributed by atoms with Gasteiger partial charge < -0.3 is 15.7 Å². The van der Waals surface area contributed by atoms with Crippen molar-refractivity contribution in [3.63, 3.8) is 0 Å². The molecule has 0 radical (unpaired) electrons. The highest BCUT2D eigenvalue weighted by molar-refractivity contribution is 6.00. The number of nitrogens with two attached hydrogens (primary N) is 1. The standard InChI is InChI=1S/C10H12F3N3O2/c1-6-2-4-15-9(7(6)8(14)16-17)18-5-3-10(11,12)13/h2,4,17H,3,5H2,1H3,(H2,14,16). The fourth-order valence-electron chi connectivity index (χ4n) is 1.27. The molecule has 0 saturated carbocycles. The highest BCUT2D eigenvalue weighted by atomic mass is 19.4. The molecule has 0 fully saturated rings. The van der Waals surface area contributed by atoms with Crippen LogP contribution in [0.25, 0.3) is 0 Å². The number of aryl methyl sites for hydroxylation is 1. The molecule has 0 aliphatic heterocycles. The van der Waals surface area contributed by atoms with Crippen LogP contribution in [0.3, 0.4) is 0 Å². The SMILES string of the molecule is Cc1ccnc(OCCC(F)(F)F)c1/C(N)=N/O. The van der Waals surface area contributed by atoms with Crippen LogP contribution in [0.1, 0.15) is 17.5 Å². The lowest BCUT2D eigenvalue weighted by Crippen LogP contribution is -2.19. The molecule has 1 aromatic rings. The minimum absolute atomic E-state index is 0.0884. The average molecular weight is 263 g/mol. The Morgan fingerprint density at radius 1 is 1.56 bits per heavy atom. The Morgan fingerprint density at radius 3 is 2.78 bits per heavy atom. The number of nitrogens with zero attached hydrogens (tertiary/aromatic N) is 2. The molecule has 0 amide bonds. The molecule has 1 rings (SSSR count). The van der Waals surface area contributed by atoms with E-state index in [2.05, 4.69) is 10.1 Å². The van der Waals surface area contributed by atoms with Gasteiger partial charge in [0.2, 0.25) is 5.88 Å². The first-order valence-electron chi connectivity index (χ1n) is 4.98. The number of aromatic nitrogens is 1. The van der Waals surface area contributed by atoms with Crippen LogP contribution in [-0.2, 0) is 0 Å². The number of hydrogen-bond acceptors (Lipinski definition) is 4. The molecule has 3 N–H and O–H groups in total. The van der Waals surface area contributed by atoms with Crippen molar-refractivity contribution in [1.29, 1.82) is 0 Å². The van der Waals surface area contributed by atoms with Crippen LogP contribution in [0.15, 0.2) is 17.4 Å². The van der Waals surface area contributed by atoms with Crippen molar-refractivity contribution in [2.45, 2.75) is 19.5 Å². The van der Waals surface area contributed by atoms with Crippen molar-refractivity contribution in [2.75, 3.05) is 6.61 Å². The Kier molecular flexibility index (Phi) is 4.35. The Labute approximate surface area is 101 Å². The molecule has 0 spiro atoms. The van der Waals surface area contributed by atoms with Gasteiger partial charge in [0.1, 0.15) is 0 Å². The summed E-state index contributed by atoms with van der Waals surface area (Å²) in [5, 5.41) is 11.4. The van der Waals surface area contributed by atoms with Crippen molar-refractivity contribution >= 4 is 5.84 Å². The molecular weight excluding hydrogens is 251 g/mol. The highest BCUT2D eigenvalue weighted by Gasteiger charge is 2.27. The molecular formula is C10H12F3N3O2. The summed E-state index contributed by atoms with van der Waals surface area (Å²) in [6.07, 6.45) is -4.04. The van der Waals surface area contributed by atoms with E-state index in [1.54, 1.807) is 13.0 Å². The topological polar surface area (TPSA) is 80.7 Å². The summed E-state index contributed by atoms with van der Waals surface area (Å²) < 4.78 is 40.8. The number of alkyl halides is 3. The van der Waals surface area contributed by atoms with Crippen LogP contribution in [0.2, 0.25) is 0 Å². The quantitative estimate of drug-likeness (QED) is 0.376. The Morgan fingerprint density at radius 2 is 2.22 bits per heavy atom. The second-order valence-corrected chi connectivity index (χ2v) is 3.51. The first-order chi connectivity index (χ1) is 8.35. The smallest absolute Gasteiger partial charge is 0.392 e. The zero-order valence-corrected chi connectivity index (χ0v) is 9.53. The summed E-state index contributed by atoms with van der Waals surface area (Å²) in [6.45, 7) is 1.07. The minimum atomic E-state index is -4.30. The van der Waals surface area contributed by atoms with Crippen LogP contribution in [0.4, 0.5) is 13.2 Å². The van der Waals surface area contributed by atoms with Crippen molar-refractivity contribution in [2.24, 2.45) is 10.9 Å². The van der Waals surface area contributed by atoms with E-state index in [1.165, 1.54) is 6.20 Å². The van der Waals surface area contributed by atoms with Crippen molar-refractivity contribution in [3.8, 4) is 5.88 Å². The predicted molar refractivity (Wildman–Crippen MR) is 57.7 cm³/mol. The Balaban J connectivity index is 2.86. The Bertz CT molecular complexity index is 446. The third-order valence-corrected chi connectivity index (χ3v) is 2.11. The molecule has 0 saturated heterocycles. The summed E-state index contributed by atoms with van der Waals surface area (Å²) in [7, 11) is 0. The van der Waals surface area contributed by atoms with Crippen molar-refractivity contribution in [3.05, 3.63) is 23.4 Å². The highest BCUT2D eigenvalue weighted by Crippen LogP contribution is 2.22. The van der Waals surface area contributed by atoms with E-state index in [-0.39, 0.29) is 17.3 Å². The van der Waals surface area contributed by atoms with Gasteiger partial charge in [-0.2, -0.15) is 13.2 Å². The molecule has 100 valence electrons. The third-order valence-electron chi connectivity index (χ3n) is 2.11. The fourth-order valence-corrected chi connectivity index (χ4v) is 1.27. The monoisotopic (exact) mass is 263 g/mol. The fraction of sp³-hybridized carbons (Fsp3) is 0.400. The van der Waals surface area contributed by atoms with Gasteiger partial charge in [-0.3, -0.25) is 0 Å². The van der Waals surface area contributed by atoms with Crippen LogP contribution in [0.5, 0.6) is 5.88 Å². The van der Waals surface area contributed by atoms with E-state index < -0.39 is 19.2 Å². The van der Waals surface area contributed by atoms with E-state index in [0.29, 0.717) is 5.56 Å². The number of hydrogen-bond donors (Lipinski definition) is 2. The third kappa shape index (κ3) is 3.79. The molecule has 0 aliphatic rings. The summed E-state index contributed by atoms with van der Waals surface area (Å²) in [4.78, 5) is 3.77. The zero-order chi connectivity index (χ0) is 13.8. The lowest BCUT2D eigenvalue weighted by molar-refractivity contribution is -0.139. The van der Waals surface area contributed by atoms with Gasteiger partial charge in [0.25, 0.3) is 0 Å². The largest absolute Gasteiger partial charge is 0.477 e. The van der Waals surface area contributed by atoms with E-state index in [9.17, 15) is 13.2 Å². The Hall–Kier alpha value is -1.99. The van der Waals surface area contributed by atoms with Crippen LogP contribution in [0, 0.1) is 6.92 Å². The first kappa shape index (κ1) is 14.1. The van der Waals surface area contributed by atoms with E-state index in [4.69, 9.17) is 15.7 Å². The maximum absolute atomic E-state index is 12.0. The maximum Gasteiger partial charge on any atom is 0.392 e. The van der Waals surface area contributed by atoms with Gasteiger partial charge in [0.15, 0.2) is 5.84 Å². The summed E-state index contributed by atoms with van der Waals surface area (Å²) in [6, 6.07) is 1.57. The molecule has 0 aromatic carbocycles. The first-order valence-corrected chi connectivity index (χ1v) is 4.98. The minimum Gasteiger partial charge on any atom is -0.477 e. The molecule has 1 aromatic heterocycles. The van der Waals surface area contributed by atoms with Gasteiger partial charge in [0.05, 0.1) is 18.6 Å². The zero-order valence-electron chi connectivity index (χ0n) is 9.53. The van der Waals surface area contributed by atoms with Gasteiger partial charge >= 0.3 is 6.18 Å². The number of rotatable bonds is 4. The summed E-state index contributed by atoms with van der Waals surface area (Å²) in [5.74, 6) is -0.350. The molecule has 8 heteroatoms. The molecule has 1 heterocycles. The van der Waals surface area contributed by atoms with E-state index in [1.807, 2.05) is 0 Å². The molecule has 0 aliphatic carbocycles. The number of oxime groups is 1. The second-order valence-electron chi connectivity index (χ2n) is 3.51. The van der Waals surface area contributed by atoms with Gasteiger partial charge in [-0.05, 0) is 18.6 Å². The molecule has 5 nitrogen and oxygen atoms in total. The van der Waals surface area contributed by atoms with Gasteiger partial charge in [-0.25, -0.2) is 4.98 Å². The number of pyridine rings is 1. The summed E-state index contributed by atoms with van der Waals surface area (Å²) >= 11 is 0. The number of amidine groups is 1. The lowest BCUT2D eigenvalue weighted by atomic mass is 10.1. The van der Waals surface area contributed by atoms with Crippen LogP contribution >= 0.6 is 0 Å². The molecule has 0 bridgehead atoms. The van der Waals surface area contributed by atoms with E-state index >= 15 is 0 Å².